The Morgan fingerprint density at radius 2 is 1.59 bits per heavy atom. The molecule has 0 radical (unpaired) electrons. The SMILES string of the molecule is C[C@H](Oc1ccc(=O)n(-c2ccc(F)cc2)n1)C(=O)Nc1ccccc1C(=O)c1ccccc1. The van der Waals surface area contributed by atoms with Crippen LogP contribution in [0.25, 0.3) is 5.69 Å². The van der Waals surface area contributed by atoms with E-state index in [0.717, 1.165) is 4.68 Å². The minimum Gasteiger partial charge on any atom is -0.463 e. The largest absolute Gasteiger partial charge is 0.463 e. The fraction of sp³-hybridized carbons (Fsp3) is 0.0769. The molecule has 0 fully saturated rings. The van der Waals surface area contributed by atoms with Crippen molar-refractivity contribution in [3.05, 3.63) is 118 Å². The molecule has 0 aliphatic carbocycles. The van der Waals surface area contributed by atoms with E-state index >= 15 is 0 Å². The number of hydrogen-bond donors (Lipinski definition) is 1. The molecule has 0 spiro atoms. The summed E-state index contributed by atoms with van der Waals surface area (Å²) in [5, 5.41) is 6.83. The lowest BCUT2D eigenvalue weighted by Crippen LogP contribution is -2.32. The molecule has 170 valence electrons. The molecule has 0 saturated carbocycles. The number of aromatic nitrogens is 2. The predicted molar refractivity (Wildman–Crippen MR) is 125 cm³/mol. The number of benzene rings is 3. The Morgan fingerprint density at radius 3 is 2.32 bits per heavy atom. The molecule has 0 bridgehead atoms. The summed E-state index contributed by atoms with van der Waals surface area (Å²) >= 11 is 0. The number of hydrogen-bond acceptors (Lipinski definition) is 5. The van der Waals surface area contributed by atoms with Crippen LogP contribution in [-0.2, 0) is 4.79 Å². The van der Waals surface area contributed by atoms with Crippen LogP contribution >= 0.6 is 0 Å². The minimum atomic E-state index is -0.994. The van der Waals surface area contributed by atoms with Crippen molar-refractivity contribution in [2.45, 2.75) is 13.0 Å². The number of ketones is 1. The molecule has 1 heterocycles. The molecule has 1 atom stereocenters. The van der Waals surface area contributed by atoms with E-state index < -0.39 is 23.4 Å². The highest BCUT2D eigenvalue weighted by atomic mass is 19.1. The predicted octanol–water partition coefficient (Wildman–Crippen LogP) is 4.01. The third kappa shape index (κ3) is 5.07. The van der Waals surface area contributed by atoms with Crippen LogP contribution in [-0.4, -0.2) is 27.6 Å². The van der Waals surface area contributed by atoms with Crippen LogP contribution in [0.5, 0.6) is 5.88 Å². The molecule has 0 unspecified atom stereocenters. The van der Waals surface area contributed by atoms with Gasteiger partial charge in [0.25, 0.3) is 11.5 Å². The topological polar surface area (TPSA) is 90.3 Å². The highest BCUT2D eigenvalue weighted by Crippen LogP contribution is 2.20. The number of para-hydroxylation sites is 1. The van der Waals surface area contributed by atoms with Crippen LogP contribution in [0.2, 0.25) is 0 Å². The molecule has 1 aromatic heterocycles. The molecule has 8 heteroatoms. The number of rotatable bonds is 7. The minimum absolute atomic E-state index is 0.0280. The number of carbonyl (C=O) groups is 2. The van der Waals surface area contributed by atoms with Crippen molar-refractivity contribution in [1.29, 1.82) is 0 Å². The second-order valence-electron chi connectivity index (χ2n) is 7.39. The maximum atomic E-state index is 13.2. The molecular formula is C26H20FN3O4. The number of nitrogens with zero attached hydrogens (tertiary/aromatic N) is 2. The summed E-state index contributed by atoms with van der Waals surface area (Å²) in [7, 11) is 0. The fourth-order valence-electron chi connectivity index (χ4n) is 3.23. The van der Waals surface area contributed by atoms with Gasteiger partial charge in [0, 0.05) is 23.3 Å². The maximum Gasteiger partial charge on any atom is 0.271 e. The van der Waals surface area contributed by atoms with Crippen molar-refractivity contribution in [2.75, 3.05) is 5.32 Å². The molecule has 0 aliphatic rings. The first-order valence-electron chi connectivity index (χ1n) is 10.4. The van der Waals surface area contributed by atoms with Gasteiger partial charge in [-0.15, -0.1) is 5.10 Å². The summed E-state index contributed by atoms with van der Waals surface area (Å²) in [4.78, 5) is 37.9. The van der Waals surface area contributed by atoms with Gasteiger partial charge in [0.05, 0.1) is 11.4 Å². The van der Waals surface area contributed by atoms with Crippen molar-refractivity contribution >= 4 is 17.4 Å². The van der Waals surface area contributed by atoms with E-state index in [0.29, 0.717) is 22.5 Å². The molecule has 3 aromatic carbocycles. The lowest BCUT2D eigenvalue weighted by Gasteiger charge is -2.16. The molecule has 1 amide bonds. The zero-order valence-corrected chi connectivity index (χ0v) is 18.1. The quantitative estimate of drug-likeness (QED) is 0.424. The number of anilines is 1. The van der Waals surface area contributed by atoms with E-state index in [2.05, 4.69) is 10.4 Å². The highest BCUT2D eigenvalue weighted by Gasteiger charge is 2.20. The van der Waals surface area contributed by atoms with E-state index in [4.69, 9.17) is 4.74 Å². The molecule has 4 aromatic rings. The van der Waals surface area contributed by atoms with Gasteiger partial charge in [0.15, 0.2) is 11.9 Å². The van der Waals surface area contributed by atoms with Gasteiger partial charge in [-0.1, -0.05) is 42.5 Å². The first kappa shape index (κ1) is 22.6. The van der Waals surface area contributed by atoms with Crippen LogP contribution < -0.4 is 15.6 Å². The molecule has 1 N–H and O–H groups in total. The zero-order chi connectivity index (χ0) is 24.1. The summed E-state index contributed by atoms with van der Waals surface area (Å²) in [6, 6.07) is 23.3. The van der Waals surface area contributed by atoms with Crippen LogP contribution in [0.1, 0.15) is 22.8 Å². The summed E-state index contributed by atoms with van der Waals surface area (Å²) in [6.07, 6.45) is -0.994. The number of amides is 1. The molecule has 34 heavy (non-hydrogen) atoms. The first-order chi connectivity index (χ1) is 16.4. The molecule has 4 rings (SSSR count). The second-order valence-corrected chi connectivity index (χ2v) is 7.39. The van der Waals surface area contributed by atoms with E-state index in [9.17, 15) is 18.8 Å². The average Bonchev–Trinajstić information content (AvgIpc) is 2.86. The Morgan fingerprint density at radius 1 is 0.912 bits per heavy atom. The van der Waals surface area contributed by atoms with Crippen LogP contribution in [0.15, 0.2) is 95.8 Å². The average molecular weight is 457 g/mol. The van der Waals surface area contributed by atoms with Gasteiger partial charge >= 0.3 is 0 Å². The lowest BCUT2D eigenvalue weighted by molar-refractivity contribution is -0.122. The Bertz CT molecular complexity index is 1390. The maximum absolute atomic E-state index is 13.2. The van der Waals surface area contributed by atoms with Gasteiger partial charge in [0.2, 0.25) is 5.88 Å². The van der Waals surface area contributed by atoms with Crippen molar-refractivity contribution in [3.8, 4) is 11.6 Å². The first-order valence-corrected chi connectivity index (χ1v) is 10.4. The van der Waals surface area contributed by atoms with Crippen molar-refractivity contribution in [3.63, 3.8) is 0 Å². The van der Waals surface area contributed by atoms with Gasteiger partial charge in [-0.3, -0.25) is 14.4 Å². The van der Waals surface area contributed by atoms with E-state index in [-0.39, 0.29) is 11.7 Å². The Balaban J connectivity index is 1.51. The van der Waals surface area contributed by atoms with E-state index in [1.54, 1.807) is 48.5 Å². The van der Waals surface area contributed by atoms with Crippen LogP contribution in [0.3, 0.4) is 0 Å². The second kappa shape index (κ2) is 9.91. The van der Waals surface area contributed by atoms with Crippen LogP contribution in [0, 0.1) is 5.82 Å². The summed E-state index contributed by atoms with van der Waals surface area (Å²) in [6.45, 7) is 1.52. The Labute approximate surface area is 194 Å². The standard InChI is InChI=1S/C26H20FN3O4/c1-17(34-23-15-16-24(31)30(29-23)20-13-11-19(27)12-14-20)26(33)28-22-10-6-5-9-21(22)25(32)18-7-3-2-4-8-18/h2-17H,1H3,(H,28,33)/t17-/m0/s1. The Kier molecular flexibility index (Phi) is 6.59. The van der Waals surface area contributed by atoms with Crippen molar-refractivity contribution in [1.82, 2.24) is 9.78 Å². The van der Waals surface area contributed by atoms with Gasteiger partial charge < -0.3 is 10.1 Å². The summed E-state index contributed by atoms with van der Waals surface area (Å²) in [5.74, 6) is -1.14. The van der Waals surface area contributed by atoms with E-state index in [1.165, 1.54) is 43.3 Å². The molecule has 0 saturated heterocycles. The van der Waals surface area contributed by atoms with Gasteiger partial charge in [0.1, 0.15) is 5.82 Å². The van der Waals surface area contributed by atoms with Crippen LogP contribution in [0.4, 0.5) is 10.1 Å². The number of ether oxygens (including phenoxy) is 1. The lowest BCUT2D eigenvalue weighted by atomic mass is 10.0. The zero-order valence-electron chi connectivity index (χ0n) is 18.1. The Hall–Kier alpha value is -4.59. The van der Waals surface area contributed by atoms with Gasteiger partial charge in [-0.25, -0.2) is 4.39 Å². The molecule has 0 aliphatic heterocycles. The third-order valence-corrected chi connectivity index (χ3v) is 4.98. The monoisotopic (exact) mass is 457 g/mol. The van der Waals surface area contributed by atoms with Crippen molar-refractivity contribution in [2.24, 2.45) is 0 Å². The smallest absolute Gasteiger partial charge is 0.271 e. The molecule has 7 nitrogen and oxygen atoms in total. The number of nitrogens with one attached hydrogen (secondary N) is 1. The van der Waals surface area contributed by atoms with Crippen molar-refractivity contribution < 1.29 is 18.7 Å². The van der Waals surface area contributed by atoms with Gasteiger partial charge in [-0.05, 0) is 43.3 Å². The summed E-state index contributed by atoms with van der Waals surface area (Å²) in [5.41, 5.74) is 1.10. The fourth-order valence-corrected chi connectivity index (χ4v) is 3.23. The molecular weight excluding hydrogens is 437 g/mol. The number of carbonyl (C=O) groups excluding carboxylic acids is 2. The third-order valence-electron chi connectivity index (χ3n) is 4.98. The van der Waals surface area contributed by atoms with Gasteiger partial charge in [-0.2, -0.15) is 4.68 Å². The normalized spacial score (nSPS) is 11.5. The van der Waals surface area contributed by atoms with E-state index in [1.807, 2.05) is 6.07 Å². The summed E-state index contributed by atoms with van der Waals surface area (Å²) < 4.78 is 19.9. The number of halogens is 1. The highest BCUT2D eigenvalue weighted by molar-refractivity contribution is 6.14.